The van der Waals surface area contributed by atoms with E-state index in [1.54, 1.807) is 0 Å². The fourth-order valence-electron chi connectivity index (χ4n) is 1.50. The molecule has 2 aromatic rings. The molecule has 0 atom stereocenters. The highest BCUT2D eigenvalue weighted by Crippen LogP contribution is 2.26. The van der Waals surface area contributed by atoms with E-state index in [1.165, 1.54) is 12.4 Å². The van der Waals surface area contributed by atoms with E-state index in [0.29, 0.717) is 12.4 Å². The van der Waals surface area contributed by atoms with E-state index in [4.69, 9.17) is 0 Å². The van der Waals surface area contributed by atoms with E-state index in [2.05, 4.69) is 20.6 Å². The molecule has 1 heterocycles. The third kappa shape index (κ3) is 2.79. The van der Waals surface area contributed by atoms with Crippen LogP contribution in [-0.4, -0.2) is 16.5 Å². The maximum Gasteiger partial charge on any atom is 0.185 e. The summed E-state index contributed by atoms with van der Waals surface area (Å²) in [4.78, 5) is 7.72. The van der Waals surface area contributed by atoms with Gasteiger partial charge in [0, 0.05) is 12.6 Å². The largest absolute Gasteiger partial charge is 0.369 e. The first-order valence-electron chi connectivity index (χ1n) is 5.68. The van der Waals surface area contributed by atoms with Crippen LogP contribution in [0.1, 0.15) is 6.92 Å². The molecule has 4 nitrogen and oxygen atoms in total. The van der Waals surface area contributed by atoms with Crippen LogP contribution < -0.4 is 10.6 Å². The average Bonchev–Trinajstić information content (AvgIpc) is 2.42. The fraction of sp³-hybridized carbons (Fsp3) is 0.167. The molecule has 0 aliphatic carbocycles. The van der Waals surface area contributed by atoms with Crippen LogP contribution >= 0.6 is 0 Å². The summed E-state index contributed by atoms with van der Waals surface area (Å²) in [7, 11) is 0. The molecule has 0 aliphatic rings. The summed E-state index contributed by atoms with van der Waals surface area (Å²) in [5, 5.41) is 5.01. The molecule has 20 heavy (non-hydrogen) atoms. The molecule has 106 valence electrons. The van der Waals surface area contributed by atoms with Crippen molar-refractivity contribution >= 4 is 17.3 Å². The minimum absolute atomic E-state index is 0.0498. The van der Waals surface area contributed by atoms with Crippen LogP contribution in [0.15, 0.2) is 18.5 Å². The third-order valence-electron chi connectivity index (χ3n) is 2.36. The zero-order chi connectivity index (χ0) is 14.7. The van der Waals surface area contributed by atoms with Crippen LogP contribution in [0, 0.1) is 23.3 Å². The molecule has 0 saturated carbocycles. The van der Waals surface area contributed by atoms with Crippen LogP contribution in [-0.2, 0) is 0 Å². The van der Waals surface area contributed by atoms with Crippen LogP contribution in [0.3, 0.4) is 0 Å². The van der Waals surface area contributed by atoms with Crippen molar-refractivity contribution in [1.29, 1.82) is 0 Å². The minimum Gasteiger partial charge on any atom is -0.369 e. The van der Waals surface area contributed by atoms with Gasteiger partial charge in [0.05, 0.1) is 12.4 Å². The van der Waals surface area contributed by atoms with E-state index in [1.807, 2.05) is 6.92 Å². The highest BCUT2D eigenvalue weighted by Gasteiger charge is 2.19. The maximum atomic E-state index is 13.5. The number of hydrogen-bond acceptors (Lipinski definition) is 4. The average molecular weight is 286 g/mol. The molecule has 0 saturated heterocycles. The zero-order valence-corrected chi connectivity index (χ0v) is 10.3. The van der Waals surface area contributed by atoms with Gasteiger partial charge < -0.3 is 10.6 Å². The lowest BCUT2D eigenvalue weighted by Gasteiger charge is -2.10. The van der Waals surface area contributed by atoms with E-state index in [0.717, 1.165) is 0 Å². The molecule has 0 radical (unpaired) electrons. The second kappa shape index (κ2) is 5.72. The number of benzene rings is 1. The number of nitrogens with one attached hydrogen (secondary N) is 2. The van der Waals surface area contributed by atoms with Gasteiger partial charge in [-0.15, -0.1) is 0 Å². The van der Waals surface area contributed by atoms with Gasteiger partial charge >= 0.3 is 0 Å². The molecular formula is C12H10F4N4. The molecule has 1 aromatic carbocycles. The molecule has 0 amide bonds. The summed E-state index contributed by atoms with van der Waals surface area (Å²) in [6.07, 6.45) is 2.57. The van der Waals surface area contributed by atoms with Gasteiger partial charge in [0.15, 0.2) is 29.1 Å². The molecule has 0 spiro atoms. The van der Waals surface area contributed by atoms with Gasteiger partial charge in [-0.3, -0.25) is 4.98 Å². The third-order valence-corrected chi connectivity index (χ3v) is 2.36. The summed E-state index contributed by atoms with van der Waals surface area (Å²) in [5.41, 5.74) is -0.953. The van der Waals surface area contributed by atoms with Gasteiger partial charge in [0.2, 0.25) is 0 Å². The quantitative estimate of drug-likeness (QED) is 0.669. The van der Waals surface area contributed by atoms with Crippen LogP contribution in [0.5, 0.6) is 0 Å². The molecule has 2 rings (SSSR count). The summed E-state index contributed by atoms with van der Waals surface area (Å²) >= 11 is 0. The Hall–Kier alpha value is -2.38. The number of hydrogen-bond donors (Lipinski definition) is 2. The highest BCUT2D eigenvalue weighted by molar-refractivity contribution is 5.58. The lowest BCUT2D eigenvalue weighted by atomic mass is 10.2. The lowest BCUT2D eigenvalue weighted by Crippen LogP contribution is -2.06. The van der Waals surface area contributed by atoms with Crippen molar-refractivity contribution in [2.45, 2.75) is 6.92 Å². The summed E-state index contributed by atoms with van der Waals surface area (Å²) in [6, 6.07) is 0.136. The predicted molar refractivity (Wildman–Crippen MR) is 65.8 cm³/mol. The van der Waals surface area contributed by atoms with Gasteiger partial charge in [-0.25, -0.2) is 22.5 Å². The van der Waals surface area contributed by atoms with Crippen molar-refractivity contribution < 1.29 is 17.6 Å². The van der Waals surface area contributed by atoms with Gasteiger partial charge in [-0.2, -0.15) is 0 Å². The predicted octanol–water partition coefficient (Wildman–Crippen LogP) is 3.21. The first kappa shape index (κ1) is 14.0. The van der Waals surface area contributed by atoms with Gasteiger partial charge in [0.25, 0.3) is 0 Å². The van der Waals surface area contributed by atoms with Crippen molar-refractivity contribution in [2.75, 3.05) is 17.2 Å². The number of halogens is 4. The topological polar surface area (TPSA) is 49.8 Å². The van der Waals surface area contributed by atoms with Crippen LogP contribution in [0.2, 0.25) is 0 Å². The molecule has 0 bridgehead atoms. The second-order valence-corrected chi connectivity index (χ2v) is 3.79. The molecule has 0 unspecified atom stereocenters. The monoisotopic (exact) mass is 286 g/mol. The summed E-state index contributed by atoms with van der Waals surface area (Å²) < 4.78 is 53.0. The van der Waals surface area contributed by atoms with Crippen molar-refractivity contribution in [1.82, 2.24) is 9.97 Å². The normalized spacial score (nSPS) is 10.4. The SMILES string of the molecule is CCNc1cncc(Nc2c(F)c(F)cc(F)c2F)n1. The Bertz CT molecular complexity index is 607. The maximum absolute atomic E-state index is 13.5. The number of anilines is 3. The van der Waals surface area contributed by atoms with Gasteiger partial charge in [-0.05, 0) is 6.92 Å². The van der Waals surface area contributed by atoms with E-state index >= 15 is 0 Å². The minimum atomic E-state index is -1.53. The molecule has 8 heteroatoms. The van der Waals surface area contributed by atoms with Crippen LogP contribution in [0.25, 0.3) is 0 Å². The van der Waals surface area contributed by atoms with E-state index in [-0.39, 0.29) is 11.9 Å². The Labute approximate surface area is 111 Å². The molecule has 1 aromatic heterocycles. The zero-order valence-electron chi connectivity index (χ0n) is 10.3. The first-order valence-corrected chi connectivity index (χ1v) is 5.68. The Morgan fingerprint density at radius 2 is 1.60 bits per heavy atom. The van der Waals surface area contributed by atoms with E-state index < -0.39 is 29.0 Å². The first-order chi connectivity index (χ1) is 9.52. The highest BCUT2D eigenvalue weighted by atomic mass is 19.2. The molecule has 2 N–H and O–H groups in total. The number of nitrogens with zero attached hydrogens (tertiary/aromatic N) is 2. The molecular weight excluding hydrogens is 276 g/mol. The van der Waals surface area contributed by atoms with Crippen LogP contribution in [0.4, 0.5) is 34.9 Å². The van der Waals surface area contributed by atoms with Crippen molar-refractivity contribution in [3.8, 4) is 0 Å². The van der Waals surface area contributed by atoms with Crippen molar-refractivity contribution in [2.24, 2.45) is 0 Å². The Morgan fingerprint density at radius 1 is 1.00 bits per heavy atom. The lowest BCUT2D eigenvalue weighted by molar-refractivity contribution is 0.459. The fourth-order valence-corrected chi connectivity index (χ4v) is 1.50. The Balaban J connectivity index is 2.37. The summed E-state index contributed by atoms with van der Waals surface area (Å²) in [6.45, 7) is 2.39. The molecule has 0 fully saturated rings. The Morgan fingerprint density at radius 3 is 2.20 bits per heavy atom. The molecule has 0 aliphatic heterocycles. The summed E-state index contributed by atoms with van der Waals surface area (Å²) in [5.74, 6) is -5.75. The van der Waals surface area contributed by atoms with E-state index in [9.17, 15) is 17.6 Å². The number of rotatable bonds is 4. The number of aromatic nitrogens is 2. The van der Waals surface area contributed by atoms with Gasteiger partial charge in [-0.1, -0.05) is 0 Å². The van der Waals surface area contributed by atoms with Crippen molar-refractivity contribution in [3.63, 3.8) is 0 Å². The van der Waals surface area contributed by atoms with Crippen molar-refractivity contribution in [3.05, 3.63) is 41.7 Å². The Kier molecular flexibility index (Phi) is 4.02. The second-order valence-electron chi connectivity index (χ2n) is 3.79. The standard InChI is InChI=1S/C12H10F4N4/c1-2-18-8-4-17-5-9(19-8)20-12-10(15)6(13)3-7(14)11(12)16/h3-5H,2H2,1H3,(H2,18,19,20). The van der Waals surface area contributed by atoms with Gasteiger partial charge in [0.1, 0.15) is 11.5 Å². The smallest absolute Gasteiger partial charge is 0.185 e.